The summed E-state index contributed by atoms with van der Waals surface area (Å²) < 4.78 is 40.4. The van der Waals surface area contributed by atoms with Crippen LogP contribution in [0.25, 0.3) is 0 Å². The van der Waals surface area contributed by atoms with Crippen LogP contribution in [0.1, 0.15) is 96.3 Å². The van der Waals surface area contributed by atoms with E-state index in [1.54, 1.807) is 0 Å². The molecule has 3 fully saturated rings. The Morgan fingerprint density at radius 2 is 1.37 bits per heavy atom. The molecule has 1 amide bonds. The highest BCUT2D eigenvalue weighted by atomic mass is 19.4. The van der Waals surface area contributed by atoms with E-state index < -0.39 is 17.3 Å². The first kappa shape index (κ1) is 34.1. The van der Waals surface area contributed by atoms with Gasteiger partial charge in [-0.2, -0.15) is 13.2 Å². The monoisotopic (exact) mass is 634 g/mol. The number of carbonyl (C=O) groups excluding carboxylic acids is 1. The van der Waals surface area contributed by atoms with Gasteiger partial charge in [-0.05, 0) is 107 Å². The normalized spacial score (nSPS) is 24.9. The lowest BCUT2D eigenvalue weighted by Gasteiger charge is -2.43. The molecule has 2 aliphatic heterocycles. The molecular formula is C38H49F3N4O. The van der Waals surface area contributed by atoms with Crippen molar-refractivity contribution in [3.05, 3.63) is 107 Å². The van der Waals surface area contributed by atoms with Gasteiger partial charge in [0, 0.05) is 18.7 Å². The molecule has 3 aliphatic rings. The van der Waals surface area contributed by atoms with Gasteiger partial charge in [-0.15, -0.1) is 0 Å². The smallest absolute Gasteiger partial charge is 0.341 e. The number of likely N-dealkylation sites (tertiary alicyclic amines) is 2. The summed E-state index contributed by atoms with van der Waals surface area (Å²) in [6.45, 7) is 3.77. The third-order valence-corrected chi connectivity index (χ3v) is 10.1. The van der Waals surface area contributed by atoms with Crippen LogP contribution in [0.15, 0.2) is 78.9 Å². The molecule has 5 nitrogen and oxygen atoms in total. The van der Waals surface area contributed by atoms with E-state index in [0.29, 0.717) is 17.7 Å². The highest BCUT2D eigenvalue weighted by Gasteiger charge is 2.39. The van der Waals surface area contributed by atoms with Gasteiger partial charge in [0.2, 0.25) is 0 Å². The molecule has 2 saturated heterocycles. The Balaban J connectivity index is 0.000000247. The molecule has 1 aliphatic carbocycles. The van der Waals surface area contributed by atoms with E-state index in [2.05, 4.69) is 46.4 Å². The molecule has 2 unspecified atom stereocenters. The molecule has 0 aromatic heterocycles. The Labute approximate surface area is 272 Å². The van der Waals surface area contributed by atoms with E-state index in [9.17, 15) is 18.0 Å². The van der Waals surface area contributed by atoms with Crippen LogP contribution in [0.3, 0.4) is 0 Å². The van der Waals surface area contributed by atoms with Crippen molar-refractivity contribution in [3.8, 4) is 0 Å². The van der Waals surface area contributed by atoms with Gasteiger partial charge >= 0.3 is 6.18 Å². The first-order chi connectivity index (χ1) is 22.0. The number of hydrogen-bond acceptors (Lipinski definition) is 4. The SMILES string of the molecule is CN1CCCC(N)(c2ccccc2)C1.CN1CCCC(NC(=O)c2ccc(C(F)(F)F)cc2C2CCCCC2)(c2ccccc2)C1. The van der Waals surface area contributed by atoms with Crippen molar-refractivity contribution in [3.63, 3.8) is 0 Å². The summed E-state index contributed by atoms with van der Waals surface area (Å²) >= 11 is 0. The van der Waals surface area contributed by atoms with Gasteiger partial charge in [0.25, 0.3) is 5.91 Å². The molecule has 3 aromatic carbocycles. The van der Waals surface area contributed by atoms with Gasteiger partial charge in [-0.25, -0.2) is 0 Å². The summed E-state index contributed by atoms with van der Waals surface area (Å²) in [5, 5.41) is 3.27. The number of nitrogens with one attached hydrogen (secondary N) is 1. The van der Waals surface area contributed by atoms with Crippen LogP contribution >= 0.6 is 0 Å². The summed E-state index contributed by atoms with van der Waals surface area (Å²) in [5.74, 6) is -0.285. The second-order valence-corrected chi connectivity index (χ2v) is 13.7. The lowest BCUT2D eigenvalue weighted by atomic mass is 9.80. The molecular weight excluding hydrogens is 585 g/mol. The van der Waals surface area contributed by atoms with Gasteiger partial charge in [0.05, 0.1) is 16.6 Å². The lowest BCUT2D eigenvalue weighted by molar-refractivity contribution is -0.137. The third-order valence-electron chi connectivity index (χ3n) is 10.1. The molecule has 0 spiro atoms. The molecule has 8 heteroatoms. The number of nitrogens with two attached hydrogens (primary N) is 1. The molecule has 0 bridgehead atoms. The fourth-order valence-corrected chi connectivity index (χ4v) is 7.73. The molecule has 1 saturated carbocycles. The van der Waals surface area contributed by atoms with Crippen LogP contribution in [-0.2, 0) is 17.3 Å². The molecule has 3 N–H and O–H groups in total. The number of rotatable bonds is 5. The Morgan fingerprint density at radius 3 is 1.96 bits per heavy atom. The molecule has 3 aromatic rings. The maximum Gasteiger partial charge on any atom is 0.416 e. The number of nitrogens with zero attached hydrogens (tertiary/aromatic N) is 2. The molecule has 248 valence electrons. The van der Waals surface area contributed by atoms with Crippen molar-refractivity contribution < 1.29 is 18.0 Å². The van der Waals surface area contributed by atoms with Gasteiger partial charge in [0.15, 0.2) is 0 Å². The predicted octanol–water partition coefficient (Wildman–Crippen LogP) is 7.67. The largest absolute Gasteiger partial charge is 0.416 e. The zero-order valence-corrected chi connectivity index (χ0v) is 27.3. The van der Waals surface area contributed by atoms with Crippen molar-refractivity contribution in [2.75, 3.05) is 40.3 Å². The average Bonchev–Trinajstić information content (AvgIpc) is 3.05. The standard InChI is InChI=1S/C26H31F3N2O.C12H18N2/c1-31-16-8-15-25(18-31,20-11-6-3-7-12-20)30-24(32)22-14-13-21(26(27,28)29)17-23(22)19-9-4-2-5-10-19;1-14-9-5-8-12(13,10-14)11-6-3-2-4-7-11/h3,6-7,11-14,17,19H,2,4-5,8-10,15-16,18H2,1H3,(H,30,32);2-4,6-7H,5,8-10,13H2,1H3. The van der Waals surface area contributed by atoms with Crippen LogP contribution in [0.5, 0.6) is 0 Å². The second-order valence-electron chi connectivity index (χ2n) is 13.7. The fourth-order valence-electron chi connectivity index (χ4n) is 7.73. The maximum absolute atomic E-state index is 13.6. The van der Waals surface area contributed by atoms with E-state index in [0.717, 1.165) is 76.1 Å². The fraction of sp³-hybridized carbons (Fsp3) is 0.500. The van der Waals surface area contributed by atoms with Gasteiger partial charge in [-0.1, -0.05) is 79.9 Å². The number of alkyl halides is 3. The minimum Gasteiger partial charge on any atom is -0.341 e. The first-order valence-corrected chi connectivity index (χ1v) is 16.8. The molecule has 46 heavy (non-hydrogen) atoms. The third kappa shape index (κ3) is 8.20. The predicted molar refractivity (Wildman–Crippen MR) is 179 cm³/mol. The Bertz CT molecular complexity index is 1430. The zero-order valence-electron chi connectivity index (χ0n) is 27.3. The van der Waals surface area contributed by atoms with Gasteiger partial charge in [0.1, 0.15) is 0 Å². The topological polar surface area (TPSA) is 61.6 Å². The van der Waals surface area contributed by atoms with E-state index >= 15 is 0 Å². The number of piperidine rings is 2. The highest BCUT2D eigenvalue weighted by molar-refractivity contribution is 5.96. The molecule has 2 atom stereocenters. The zero-order chi connectivity index (χ0) is 32.8. The molecule has 2 heterocycles. The Kier molecular flexibility index (Phi) is 10.9. The number of likely N-dealkylation sites (N-methyl/N-ethyl adjacent to an activating group) is 2. The van der Waals surface area contributed by atoms with E-state index in [4.69, 9.17) is 5.73 Å². The van der Waals surface area contributed by atoms with Crippen molar-refractivity contribution >= 4 is 5.91 Å². The summed E-state index contributed by atoms with van der Waals surface area (Å²) in [4.78, 5) is 18.1. The second kappa shape index (κ2) is 14.7. The van der Waals surface area contributed by atoms with Crippen molar-refractivity contribution in [2.24, 2.45) is 5.73 Å². The number of carbonyl (C=O) groups is 1. The number of hydrogen-bond donors (Lipinski definition) is 2. The summed E-state index contributed by atoms with van der Waals surface area (Å²) in [6.07, 6.45) is 4.34. The van der Waals surface area contributed by atoms with Crippen LogP contribution in [-0.4, -0.2) is 56.0 Å². The van der Waals surface area contributed by atoms with Crippen molar-refractivity contribution in [1.82, 2.24) is 15.1 Å². The Hall–Kier alpha value is -3.20. The number of benzene rings is 3. The minimum atomic E-state index is -4.42. The molecule has 0 radical (unpaired) electrons. The van der Waals surface area contributed by atoms with Crippen LogP contribution in [0.2, 0.25) is 0 Å². The minimum absolute atomic E-state index is 0.00601. The maximum atomic E-state index is 13.6. The van der Waals surface area contributed by atoms with Crippen LogP contribution < -0.4 is 11.1 Å². The quantitative estimate of drug-likeness (QED) is 0.303. The number of amides is 1. The van der Waals surface area contributed by atoms with Crippen LogP contribution in [0.4, 0.5) is 13.2 Å². The average molecular weight is 635 g/mol. The highest BCUT2D eigenvalue weighted by Crippen LogP contribution is 2.39. The van der Waals surface area contributed by atoms with Crippen molar-refractivity contribution in [1.29, 1.82) is 0 Å². The summed E-state index contributed by atoms with van der Waals surface area (Å²) in [6, 6.07) is 24.0. The lowest BCUT2D eigenvalue weighted by Crippen LogP contribution is -2.55. The van der Waals surface area contributed by atoms with Crippen molar-refractivity contribution in [2.45, 2.75) is 81.0 Å². The Morgan fingerprint density at radius 1 is 0.783 bits per heavy atom. The van der Waals surface area contributed by atoms with Crippen LogP contribution in [0, 0.1) is 0 Å². The van der Waals surface area contributed by atoms with E-state index in [1.807, 2.05) is 43.4 Å². The van der Waals surface area contributed by atoms with E-state index in [-0.39, 0.29) is 17.4 Å². The summed E-state index contributed by atoms with van der Waals surface area (Å²) in [7, 11) is 4.18. The number of halogens is 3. The van der Waals surface area contributed by atoms with E-state index in [1.165, 1.54) is 30.7 Å². The molecule has 6 rings (SSSR count). The van der Waals surface area contributed by atoms with Gasteiger partial charge in [-0.3, -0.25) is 4.79 Å². The summed E-state index contributed by atoms with van der Waals surface area (Å²) in [5.41, 5.74) is 8.30. The van der Waals surface area contributed by atoms with Gasteiger partial charge < -0.3 is 20.9 Å². The first-order valence-electron chi connectivity index (χ1n) is 16.8.